The molecule has 0 atom stereocenters. The van der Waals surface area contributed by atoms with E-state index in [-0.39, 0.29) is 5.56 Å². The van der Waals surface area contributed by atoms with Crippen molar-refractivity contribution in [3.8, 4) is 0 Å². The minimum Gasteiger partial charge on any atom is -0.381 e. The van der Waals surface area contributed by atoms with Crippen molar-refractivity contribution in [3.05, 3.63) is 35.0 Å². The number of ether oxygens (including phenoxy) is 1. The van der Waals surface area contributed by atoms with Crippen LogP contribution in [0.1, 0.15) is 12.8 Å². The van der Waals surface area contributed by atoms with Gasteiger partial charge in [-0.3, -0.25) is 4.79 Å². The van der Waals surface area contributed by atoms with Crippen LogP contribution in [0.3, 0.4) is 0 Å². The summed E-state index contributed by atoms with van der Waals surface area (Å²) >= 11 is 0. The van der Waals surface area contributed by atoms with E-state index in [2.05, 4.69) is 5.10 Å². The first kappa shape index (κ1) is 10.5. The molecule has 0 aliphatic carbocycles. The third-order valence-electron chi connectivity index (χ3n) is 3.33. The number of rotatable bonds is 2. The lowest BCUT2D eigenvalue weighted by Gasteiger charge is -2.22. The van der Waals surface area contributed by atoms with Gasteiger partial charge in [-0.25, -0.2) is 4.52 Å². The summed E-state index contributed by atoms with van der Waals surface area (Å²) in [5, 5.41) is 4.05. The van der Waals surface area contributed by atoms with Crippen molar-refractivity contribution in [2.24, 2.45) is 5.92 Å². The molecule has 0 unspecified atom stereocenters. The molecule has 2 aromatic heterocycles. The molecule has 0 amide bonds. The van der Waals surface area contributed by atoms with E-state index in [1.807, 2.05) is 12.4 Å². The number of nitrogens with zero attached hydrogens (tertiary/aromatic N) is 3. The number of hydrogen-bond acceptors (Lipinski definition) is 3. The zero-order chi connectivity index (χ0) is 11.7. The summed E-state index contributed by atoms with van der Waals surface area (Å²) in [6.45, 7) is 2.41. The first-order valence-electron chi connectivity index (χ1n) is 5.95. The van der Waals surface area contributed by atoms with Gasteiger partial charge in [-0.2, -0.15) is 5.10 Å². The first-order valence-corrected chi connectivity index (χ1v) is 5.95. The molecule has 5 nitrogen and oxygen atoms in total. The summed E-state index contributed by atoms with van der Waals surface area (Å²) < 4.78 is 8.72. The predicted octanol–water partition coefficient (Wildman–Crippen LogP) is 0.923. The minimum absolute atomic E-state index is 0.0384. The molecule has 2 aromatic rings. The van der Waals surface area contributed by atoms with Crippen LogP contribution < -0.4 is 5.56 Å². The highest BCUT2D eigenvalue weighted by Gasteiger charge is 2.15. The number of fused-ring (bicyclic) bond motifs is 1. The van der Waals surface area contributed by atoms with Crippen LogP contribution in [0.25, 0.3) is 5.52 Å². The molecule has 1 fully saturated rings. The number of hydrogen-bond donors (Lipinski definition) is 0. The predicted molar refractivity (Wildman–Crippen MR) is 63.0 cm³/mol. The molecule has 0 radical (unpaired) electrons. The van der Waals surface area contributed by atoms with Gasteiger partial charge in [-0.05, 0) is 24.8 Å². The second-order valence-electron chi connectivity index (χ2n) is 4.47. The maximum absolute atomic E-state index is 12.1. The average Bonchev–Trinajstić information content (AvgIpc) is 2.83. The van der Waals surface area contributed by atoms with E-state index in [9.17, 15) is 4.79 Å². The Morgan fingerprint density at radius 1 is 1.35 bits per heavy atom. The van der Waals surface area contributed by atoms with Crippen LogP contribution in [-0.2, 0) is 11.3 Å². The lowest BCUT2D eigenvalue weighted by Crippen LogP contribution is -2.27. The van der Waals surface area contributed by atoms with Crippen LogP contribution in [0.5, 0.6) is 0 Å². The lowest BCUT2D eigenvalue weighted by atomic mass is 10.0. The van der Waals surface area contributed by atoms with Gasteiger partial charge in [-0.15, -0.1) is 0 Å². The zero-order valence-electron chi connectivity index (χ0n) is 9.58. The van der Waals surface area contributed by atoms with Crippen molar-refractivity contribution in [1.29, 1.82) is 0 Å². The van der Waals surface area contributed by atoms with E-state index in [1.165, 1.54) is 0 Å². The van der Waals surface area contributed by atoms with Gasteiger partial charge in [0.25, 0.3) is 5.56 Å². The summed E-state index contributed by atoms with van der Waals surface area (Å²) in [5.74, 6) is 0.548. The molecule has 0 bridgehead atoms. The maximum Gasteiger partial charge on any atom is 0.276 e. The second kappa shape index (κ2) is 4.33. The second-order valence-corrected chi connectivity index (χ2v) is 4.47. The Hall–Kier alpha value is -1.62. The van der Waals surface area contributed by atoms with Crippen molar-refractivity contribution >= 4 is 5.52 Å². The Labute approximate surface area is 98.6 Å². The zero-order valence-corrected chi connectivity index (χ0v) is 9.58. The molecule has 0 aromatic carbocycles. The van der Waals surface area contributed by atoms with E-state index in [0.29, 0.717) is 11.4 Å². The van der Waals surface area contributed by atoms with Crippen LogP contribution in [0.4, 0.5) is 0 Å². The molecular weight excluding hydrogens is 218 g/mol. The van der Waals surface area contributed by atoms with Gasteiger partial charge in [0.1, 0.15) is 5.52 Å². The molecule has 1 aliphatic rings. The molecule has 1 aliphatic heterocycles. The summed E-state index contributed by atoms with van der Waals surface area (Å²) in [4.78, 5) is 12.1. The summed E-state index contributed by atoms with van der Waals surface area (Å²) in [5.41, 5.74) is 0.677. The Balaban J connectivity index is 1.89. The molecule has 17 heavy (non-hydrogen) atoms. The van der Waals surface area contributed by atoms with Crippen LogP contribution in [0.2, 0.25) is 0 Å². The topological polar surface area (TPSA) is 48.5 Å². The van der Waals surface area contributed by atoms with Crippen LogP contribution >= 0.6 is 0 Å². The van der Waals surface area contributed by atoms with Gasteiger partial charge in [0.05, 0.1) is 6.20 Å². The van der Waals surface area contributed by atoms with E-state index in [4.69, 9.17) is 4.74 Å². The van der Waals surface area contributed by atoms with E-state index < -0.39 is 0 Å². The van der Waals surface area contributed by atoms with Crippen molar-refractivity contribution in [1.82, 2.24) is 14.2 Å². The third-order valence-corrected chi connectivity index (χ3v) is 3.33. The molecule has 90 valence electrons. The average molecular weight is 233 g/mol. The quantitative estimate of drug-likeness (QED) is 0.775. The Bertz CT molecular complexity index is 566. The van der Waals surface area contributed by atoms with Gasteiger partial charge in [0.2, 0.25) is 0 Å². The van der Waals surface area contributed by atoms with Gasteiger partial charge >= 0.3 is 0 Å². The first-order chi connectivity index (χ1) is 8.34. The minimum atomic E-state index is 0.0384. The van der Waals surface area contributed by atoms with Gasteiger partial charge in [0.15, 0.2) is 0 Å². The van der Waals surface area contributed by atoms with Crippen molar-refractivity contribution in [3.63, 3.8) is 0 Å². The fraction of sp³-hybridized carbons (Fsp3) is 0.500. The molecule has 3 rings (SSSR count). The third kappa shape index (κ3) is 1.98. The number of aromatic nitrogens is 3. The highest BCUT2D eigenvalue weighted by Crippen LogP contribution is 2.16. The summed E-state index contributed by atoms with van der Waals surface area (Å²) in [6.07, 6.45) is 7.37. The molecular formula is C12H15N3O2. The van der Waals surface area contributed by atoms with Crippen molar-refractivity contribution in [2.75, 3.05) is 13.2 Å². The van der Waals surface area contributed by atoms with E-state index in [0.717, 1.165) is 32.6 Å². The highest BCUT2D eigenvalue weighted by atomic mass is 16.5. The van der Waals surface area contributed by atoms with Gasteiger partial charge in [0, 0.05) is 32.2 Å². The van der Waals surface area contributed by atoms with Crippen molar-refractivity contribution < 1.29 is 4.74 Å². The van der Waals surface area contributed by atoms with Crippen molar-refractivity contribution in [2.45, 2.75) is 19.4 Å². The maximum atomic E-state index is 12.1. The van der Waals surface area contributed by atoms with E-state index >= 15 is 0 Å². The standard InChI is InChI=1S/C12H15N3O2/c16-12-11-1-4-13-15(11)6-5-14(12)9-10-2-7-17-8-3-10/h1,4-6,10H,2-3,7-9H2. The fourth-order valence-electron chi connectivity index (χ4n) is 2.31. The van der Waals surface area contributed by atoms with Gasteiger partial charge < -0.3 is 9.30 Å². The molecule has 0 N–H and O–H groups in total. The monoisotopic (exact) mass is 233 g/mol. The fourth-order valence-corrected chi connectivity index (χ4v) is 2.31. The lowest BCUT2D eigenvalue weighted by molar-refractivity contribution is 0.0609. The molecule has 0 spiro atoms. The molecule has 3 heterocycles. The smallest absolute Gasteiger partial charge is 0.276 e. The highest BCUT2D eigenvalue weighted by molar-refractivity contribution is 5.42. The molecule has 5 heteroatoms. The van der Waals surface area contributed by atoms with Crippen LogP contribution in [-0.4, -0.2) is 27.4 Å². The Kier molecular flexibility index (Phi) is 2.68. The normalized spacial score (nSPS) is 17.6. The molecule has 0 saturated carbocycles. The van der Waals surface area contributed by atoms with Crippen LogP contribution in [0.15, 0.2) is 29.5 Å². The van der Waals surface area contributed by atoms with Gasteiger partial charge in [-0.1, -0.05) is 0 Å². The Morgan fingerprint density at radius 2 is 2.18 bits per heavy atom. The van der Waals surface area contributed by atoms with Crippen LogP contribution in [0, 0.1) is 5.92 Å². The molecule has 1 saturated heterocycles. The van der Waals surface area contributed by atoms with E-state index in [1.54, 1.807) is 21.3 Å². The Morgan fingerprint density at radius 3 is 3.00 bits per heavy atom. The summed E-state index contributed by atoms with van der Waals surface area (Å²) in [7, 11) is 0. The summed E-state index contributed by atoms with van der Waals surface area (Å²) in [6, 6.07) is 1.75. The largest absolute Gasteiger partial charge is 0.381 e. The SMILES string of the molecule is O=c1c2ccnn2ccn1CC1CCOCC1.